The van der Waals surface area contributed by atoms with Crippen LogP contribution in [0.4, 0.5) is 0 Å². The van der Waals surface area contributed by atoms with Gasteiger partial charge in [0.25, 0.3) is 0 Å². The van der Waals surface area contributed by atoms with Crippen LogP contribution in [0.15, 0.2) is 18.2 Å². The van der Waals surface area contributed by atoms with Gasteiger partial charge >= 0.3 is 5.97 Å². The Morgan fingerprint density at radius 2 is 2.24 bits per heavy atom. The molecular formula is C13H16N2O2. The summed E-state index contributed by atoms with van der Waals surface area (Å²) in [6.07, 6.45) is 0.145. The number of hydrogen-bond acceptors (Lipinski definition) is 3. The minimum Gasteiger partial charge on any atom is -0.481 e. The number of nitrogens with zero attached hydrogens (tertiary/aromatic N) is 2. The minimum atomic E-state index is -0.784. The Balaban J connectivity index is 2.62. The first kappa shape index (κ1) is 13.2. The number of carbonyl (C=O) groups is 1. The summed E-state index contributed by atoms with van der Waals surface area (Å²) in [5, 5.41) is 17.3. The van der Waals surface area contributed by atoms with Crippen molar-refractivity contribution in [1.82, 2.24) is 4.90 Å². The molecule has 4 heteroatoms. The van der Waals surface area contributed by atoms with E-state index in [0.717, 1.165) is 11.1 Å². The molecule has 0 saturated carbocycles. The molecule has 0 atom stereocenters. The van der Waals surface area contributed by atoms with E-state index in [1.165, 1.54) is 0 Å². The number of carboxylic acid groups (broad SMARTS) is 1. The summed E-state index contributed by atoms with van der Waals surface area (Å²) in [6, 6.07) is 7.65. The third kappa shape index (κ3) is 4.25. The second kappa shape index (κ2) is 6.02. The topological polar surface area (TPSA) is 64.3 Å². The van der Waals surface area contributed by atoms with Crippen LogP contribution in [0, 0.1) is 18.3 Å². The SMILES string of the molecule is Cc1cc(C#N)ccc1CN(C)CCC(=O)O. The molecule has 1 aromatic carbocycles. The molecule has 17 heavy (non-hydrogen) atoms. The van der Waals surface area contributed by atoms with Gasteiger partial charge in [0.2, 0.25) is 0 Å². The van der Waals surface area contributed by atoms with Crippen molar-refractivity contribution in [3.05, 3.63) is 34.9 Å². The van der Waals surface area contributed by atoms with Crippen LogP contribution in [0.2, 0.25) is 0 Å². The fourth-order valence-corrected chi connectivity index (χ4v) is 1.60. The molecule has 1 N–H and O–H groups in total. The lowest BCUT2D eigenvalue weighted by Gasteiger charge is -2.17. The van der Waals surface area contributed by atoms with Crippen molar-refractivity contribution in [2.45, 2.75) is 19.9 Å². The highest BCUT2D eigenvalue weighted by Gasteiger charge is 2.06. The van der Waals surface area contributed by atoms with Crippen LogP contribution in [0.3, 0.4) is 0 Å². The maximum absolute atomic E-state index is 10.4. The number of benzene rings is 1. The molecule has 0 saturated heterocycles. The summed E-state index contributed by atoms with van der Waals surface area (Å²) in [5.74, 6) is -0.784. The first-order chi connectivity index (χ1) is 8.02. The molecule has 1 rings (SSSR count). The van der Waals surface area contributed by atoms with Crippen LogP contribution in [0.1, 0.15) is 23.1 Å². The van der Waals surface area contributed by atoms with Crippen molar-refractivity contribution < 1.29 is 9.90 Å². The monoisotopic (exact) mass is 232 g/mol. The standard InChI is InChI=1S/C13H16N2O2/c1-10-7-11(8-14)3-4-12(10)9-15(2)6-5-13(16)17/h3-4,7H,5-6,9H2,1-2H3,(H,16,17). The van der Waals surface area contributed by atoms with Crippen molar-refractivity contribution in [3.8, 4) is 6.07 Å². The van der Waals surface area contributed by atoms with Crippen molar-refractivity contribution in [2.24, 2.45) is 0 Å². The molecular weight excluding hydrogens is 216 g/mol. The Labute approximate surface area is 101 Å². The van der Waals surface area contributed by atoms with E-state index in [9.17, 15) is 4.79 Å². The highest BCUT2D eigenvalue weighted by atomic mass is 16.4. The largest absolute Gasteiger partial charge is 0.481 e. The Bertz CT molecular complexity index is 449. The molecule has 0 radical (unpaired) electrons. The second-order valence-electron chi connectivity index (χ2n) is 4.13. The third-order valence-corrected chi connectivity index (χ3v) is 2.62. The lowest BCUT2D eigenvalue weighted by molar-refractivity contribution is -0.137. The summed E-state index contributed by atoms with van der Waals surface area (Å²) in [5.41, 5.74) is 2.84. The average Bonchev–Trinajstić information content (AvgIpc) is 2.29. The quantitative estimate of drug-likeness (QED) is 0.840. The summed E-state index contributed by atoms with van der Waals surface area (Å²) in [7, 11) is 1.89. The van der Waals surface area contributed by atoms with E-state index in [0.29, 0.717) is 18.7 Å². The molecule has 0 aliphatic carbocycles. The lowest BCUT2D eigenvalue weighted by Crippen LogP contribution is -2.21. The first-order valence-corrected chi connectivity index (χ1v) is 5.43. The van der Waals surface area contributed by atoms with Crippen molar-refractivity contribution in [2.75, 3.05) is 13.6 Å². The summed E-state index contributed by atoms with van der Waals surface area (Å²) in [6.45, 7) is 3.18. The fraction of sp³-hybridized carbons (Fsp3) is 0.385. The molecule has 90 valence electrons. The molecule has 0 aliphatic rings. The van der Waals surface area contributed by atoms with Gasteiger partial charge in [0.05, 0.1) is 18.1 Å². The lowest BCUT2D eigenvalue weighted by atomic mass is 10.1. The van der Waals surface area contributed by atoms with Gasteiger partial charge in [-0.3, -0.25) is 4.79 Å². The van der Waals surface area contributed by atoms with Gasteiger partial charge in [-0.15, -0.1) is 0 Å². The number of aliphatic carboxylic acids is 1. The second-order valence-corrected chi connectivity index (χ2v) is 4.13. The molecule has 0 aliphatic heterocycles. The van der Waals surface area contributed by atoms with Crippen LogP contribution < -0.4 is 0 Å². The first-order valence-electron chi connectivity index (χ1n) is 5.43. The molecule has 0 fully saturated rings. The zero-order valence-corrected chi connectivity index (χ0v) is 10.1. The highest BCUT2D eigenvalue weighted by Crippen LogP contribution is 2.12. The summed E-state index contributed by atoms with van der Waals surface area (Å²) in [4.78, 5) is 12.4. The predicted molar refractivity (Wildman–Crippen MR) is 64.5 cm³/mol. The summed E-state index contributed by atoms with van der Waals surface area (Å²) >= 11 is 0. The Morgan fingerprint density at radius 1 is 1.53 bits per heavy atom. The van der Waals surface area contributed by atoms with E-state index in [-0.39, 0.29) is 6.42 Å². The molecule has 0 spiro atoms. The van der Waals surface area contributed by atoms with E-state index in [1.54, 1.807) is 6.07 Å². The number of carboxylic acids is 1. The molecule has 0 bridgehead atoms. The fourth-order valence-electron chi connectivity index (χ4n) is 1.60. The highest BCUT2D eigenvalue weighted by molar-refractivity contribution is 5.66. The maximum atomic E-state index is 10.4. The van der Waals surface area contributed by atoms with Crippen LogP contribution >= 0.6 is 0 Å². The van der Waals surface area contributed by atoms with E-state index in [2.05, 4.69) is 6.07 Å². The average molecular weight is 232 g/mol. The zero-order chi connectivity index (χ0) is 12.8. The number of nitriles is 1. The van der Waals surface area contributed by atoms with Crippen molar-refractivity contribution in [3.63, 3.8) is 0 Å². The summed E-state index contributed by atoms with van der Waals surface area (Å²) < 4.78 is 0. The van der Waals surface area contributed by atoms with E-state index in [1.807, 2.05) is 31.0 Å². The molecule has 0 unspecified atom stereocenters. The molecule has 1 aromatic rings. The normalized spacial score (nSPS) is 10.2. The van der Waals surface area contributed by atoms with Gasteiger partial charge in [-0.1, -0.05) is 6.07 Å². The van der Waals surface area contributed by atoms with Gasteiger partial charge in [0.1, 0.15) is 0 Å². The van der Waals surface area contributed by atoms with E-state index in [4.69, 9.17) is 10.4 Å². The minimum absolute atomic E-state index is 0.145. The van der Waals surface area contributed by atoms with E-state index < -0.39 is 5.97 Å². The Morgan fingerprint density at radius 3 is 2.76 bits per heavy atom. The number of rotatable bonds is 5. The van der Waals surface area contributed by atoms with Crippen molar-refractivity contribution >= 4 is 5.97 Å². The Kier molecular flexibility index (Phi) is 4.68. The third-order valence-electron chi connectivity index (χ3n) is 2.62. The maximum Gasteiger partial charge on any atom is 0.304 e. The van der Waals surface area contributed by atoms with Gasteiger partial charge in [-0.05, 0) is 37.2 Å². The van der Waals surface area contributed by atoms with Gasteiger partial charge in [0.15, 0.2) is 0 Å². The van der Waals surface area contributed by atoms with Gasteiger partial charge in [-0.25, -0.2) is 0 Å². The van der Waals surface area contributed by atoms with Crippen LogP contribution in [-0.4, -0.2) is 29.6 Å². The molecule has 0 aromatic heterocycles. The zero-order valence-electron chi connectivity index (χ0n) is 10.1. The van der Waals surface area contributed by atoms with Crippen LogP contribution in [-0.2, 0) is 11.3 Å². The van der Waals surface area contributed by atoms with Gasteiger partial charge in [0, 0.05) is 13.1 Å². The molecule has 0 heterocycles. The van der Waals surface area contributed by atoms with Crippen molar-refractivity contribution in [1.29, 1.82) is 5.26 Å². The number of aryl methyl sites for hydroxylation is 1. The van der Waals surface area contributed by atoms with Gasteiger partial charge in [-0.2, -0.15) is 5.26 Å². The van der Waals surface area contributed by atoms with E-state index >= 15 is 0 Å². The molecule has 0 amide bonds. The van der Waals surface area contributed by atoms with Crippen LogP contribution in [0.25, 0.3) is 0 Å². The number of hydrogen-bond donors (Lipinski definition) is 1. The molecule has 4 nitrogen and oxygen atoms in total. The predicted octanol–water partition coefficient (Wildman–Crippen LogP) is 1.77. The smallest absolute Gasteiger partial charge is 0.304 e. The van der Waals surface area contributed by atoms with Gasteiger partial charge < -0.3 is 10.0 Å². The Hall–Kier alpha value is -1.86. The van der Waals surface area contributed by atoms with Crippen LogP contribution in [0.5, 0.6) is 0 Å².